The molecule has 122 valence electrons. The first-order valence-electron chi connectivity index (χ1n) is 7.45. The van der Waals surface area contributed by atoms with Crippen LogP contribution in [0.2, 0.25) is 6.32 Å². The lowest BCUT2D eigenvalue weighted by Crippen LogP contribution is -2.41. The highest BCUT2D eigenvalue weighted by Gasteiger charge is 2.51. The van der Waals surface area contributed by atoms with Crippen LogP contribution in [0.15, 0.2) is 24.3 Å². The zero-order valence-electron chi connectivity index (χ0n) is 13.6. The number of rotatable bonds is 3. The third-order valence-electron chi connectivity index (χ3n) is 4.63. The summed E-state index contributed by atoms with van der Waals surface area (Å²) in [7, 11) is -0.408. The van der Waals surface area contributed by atoms with Gasteiger partial charge in [-0.3, -0.25) is 0 Å². The van der Waals surface area contributed by atoms with Gasteiger partial charge in [-0.1, -0.05) is 25.1 Å². The van der Waals surface area contributed by atoms with Crippen LogP contribution in [-0.2, 0) is 15.5 Å². The zero-order chi connectivity index (χ0) is 16.8. The molecule has 6 heteroatoms. The number of hydrogen-bond donors (Lipinski definition) is 0. The predicted molar refractivity (Wildman–Crippen MR) is 80.7 cm³/mol. The van der Waals surface area contributed by atoms with Gasteiger partial charge < -0.3 is 9.31 Å². The van der Waals surface area contributed by atoms with Gasteiger partial charge in [0.2, 0.25) is 0 Å². The fourth-order valence-electron chi connectivity index (χ4n) is 2.51. The molecule has 1 saturated heterocycles. The van der Waals surface area contributed by atoms with Crippen LogP contribution in [0.1, 0.15) is 51.7 Å². The second-order valence-corrected chi connectivity index (χ2v) is 6.95. The molecule has 0 radical (unpaired) electrons. The molecule has 0 amide bonds. The average molecular weight is 314 g/mol. The van der Waals surface area contributed by atoms with Gasteiger partial charge in [0.25, 0.3) is 0 Å². The summed E-state index contributed by atoms with van der Waals surface area (Å²) in [5.74, 6) is -0.0861. The van der Waals surface area contributed by atoms with Crippen molar-refractivity contribution in [1.82, 2.24) is 0 Å². The van der Waals surface area contributed by atoms with Crippen molar-refractivity contribution in [2.75, 3.05) is 0 Å². The summed E-state index contributed by atoms with van der Waals surface area (Å²) in [5, 5.41) is 0. The molecule has 0 bridgehead atoms. The van der Waals surface area contributed by atoms with Crippen molar-refractivity contribution >= 4 is 7.12 Å². The molecule has 0 aliphatic carbocycles. The molecule has 0 N–H and O–H groups in total. The van der Waals surface area contributed by atoms with Gasteiger partial charge in [0.15, 0.2) is 0 Å². The van der Waals surface area contributed by atoms with Crippen LogP contribution in [-0.4, -0.2) is 18.3 Å². The Bertz CT molecular complexity index is 524. The Morgan fingerprint density at radius 3 is 2.14 bits per heavy atom. The summed E-state index contributed by atoms with van der Waals surface area (Å²) in [6.07, 6.45) is -3.80. The van der Waals surface area contributed by atoms with E-state index in [1.165, 1.54) is 12.1 Å². The van der Waals surface area contributed by atoms with Crippen molar-refractivity contribution < 1.29 is 22.5 Å². The van der Waals surface area contributed by atoms with Crippen molar-refractivity contribution in [3.05, 3.63) is 35.4 Å². The van der Waals surface area contributed by atoms with Crippen molar-refractivity contribution in [3.63, 3.8) is 0 Å². The molecule has 0 aromatic heterocycles. The van der Waals surface area contributed by atoms with Crippen LogP contribution < -0.4 is 0 Å². The minimum Gasteiger partial charge on any atom is -0.403 e. The molecular weight excluding hydrogens is 292 g/mol. The van der Waals surface area contributed by atoms with Gasteiger partial charge in [0.05, 0.1) is 16.8 Å². The van der Waals surface area contributed by atoms with Gasteiger partial charge in [0.1, 0.15) is 0 Å². The Balaban J connectivity index is 2.09. The average Bonchev–Trinajstić information content (AvgIpc) is 2.56. The summed E-state index contributed by atoms with van der Waals surface area (Å²) in [6.45, 7) is 9.73. The highest BCUT2D eigenvalue weighted by atomic mass is 19.4. The normalized spacial score (nSPS) is 21.9. The van der Waals surface area contributed by atoms with E-state index in [1.54, 1.807) is 6.07 Å². The van der Waals surface area contributed by atoms with E-state index in [0.717, 1.165) is 6.07 Å². The van der Waals surface area contributed by atoms with Gasteiger partial charge in [0, 0.05) is 0 Å². The third-order valence-corrected chi connectivity index (χ3v) is 4.63. The Morgan fingerprint density at radius 2 is 1.64 bits per heavy atom. The van der Waals surface area contributed by atoms with E-state index < -0.39 is 30.1 Å². The Labute approximate surface area is 130 Å². The maximum atomic E-state index is 12.8. The Morgan fingerprint density at radius 1 is 1.09 bits per heavy atom. The highest BCUT2D eigenvalue weighted by Crippen LogP contribution is 2.40. The van der Waals surface area contributed by atoms with E-state index in [4.69, 9.17) is 9.31 Å². The number of hydrogen-bond acceptors (Lipinski definition) is 2. The minimum absolute atomic E-state index is 0.0861. The second kappa shape index (κ2) is 5.57. The lowest BCUT2D eigenvalue weighted by atomic mass is 9.75. The molecule has 22 heavy (non-hydrogen) atoms. The molecule has 1 aromatic rings. The van der Waals surface area contributed by atoms with E-state index in [0.29, 0.717) is 11.9 Å². The van der Waals surface area contributed by atoms with Crippen LogP contribution in [0.5, 0.6) is 0 Å². The van der Waals surface area contributed by atoms with Crippen LogP contribution >= 0.6 is 0 Å². The van der Waals surface area contributed by atoms with E-state index >= 15 is 0 Å². The zero-order valence-corrected chi connectivity index (χ0v) is 13.6. The van der Waals surface area contributed by atoms with Crippen LogP contribution in [0.25, 0.3) is 0 Å². The summed E-state index contributed by atoms with van der Waals surface area (Å²) in [5.41, 5.74) is -0.827. The van der Waals surface area contributed by atoms with Crippen LogP contribution in [0.3, 0.4) is 0 Å². The smallest absolute Gasteiger partial charge is 0.403 e. The topological polar surface area (TPSA) is 18.5 Å². The van der Waals surface area contributed by atoms with Gasteiger partial charge in [-0.15, -0.1) is 0 Å². The lowest BCUT2D eigenvalue weighted by molar-refractivity contribution is -0.137. The second-order valence-electron chi connectivity index (χ2n) is 6.95. The highest BCUT2D eigenvalue weighted by molar-refractivity contribution is 6.45. The minimum atomic E-state index is -4.32. The molecule has 0 spiro atoms. The van der Waals surface area contributed by atoms with E-state index in [1.807, 2.05) is 34.6 Å². The van der Waals surface area contributed by atoms with Crippen molar-refractivity contribution in [2.24, 2.45) is 0 Å². The van der Waals surface area contributed by atoms with Gasteiger partial charge >= 0.3 is 13.3 Å². The maximum absolute atomic E-state index is 12.8. The lowest BCUT2D eigenvalue weighted by Gasteiger charge is -2.32. The Kier molecular flexibility index (Phi) is 4.39. The quantitative estimate of drug-likeness (QED) is 0.739. The van der Waals surface area contributed by atoms with Gasteiger partial charge in [-0.05, 0) is 51.6 Å². The van der Waals surface area contributed by atoms with Crippen molar-refractivity contribution in [3.8, 4) is 0 Å². The van der Waals surface area contributed by atoms with Gasteiger partial charge in [-0.2, -0.15) is 13.2 Å². The van der Waals surface area contributed by atoms with Crippen LogP contribution in [0, 0.1) is 0 Å². The molecule has 1 aliphatic heterocycles. The van der Waals surface area contributed by atoms with E-state index in [2.05, 4.69) is 0 Å². The summed E-state index contributed by atoms with van der Waals surface area (Å²) < 4.78 is 50.2. The van der Waals surface area contributed by atoms with E-state index in [9.17, 15) is 13.2 Å². The van der Waals surface area contributed by atoms with Gasteiger partial charge in [-0.25, -0.2) is 0 Å². The molecular formula is C16H22BF3O2. The molecule has 0 saturated carbocycles. The first-order chi connectivity index (χ1) is 9.92. The molecule has 1 atom stereocenters. The standard InChI is InChI=1S/C16H22BF3O2/c1-11(10-17-21-14(2,3)15(4,5)22-17)12-7-6-8-13(9-12)16(18,19)20/h6-9,11H,10H2,1-5H3/t11-/m0/s1. The molecule has 2 nitrogen and oxygen atoms in total. The molecule has 1 heterocycles. The predicted octanol–water partition coefficient (Wildman–Crippen LogP) is 4.90. The Hall–Kier alpha value is -1.01. The summed E-state index contributed by atoms with van der Waals surface area (Å²) >= 11 is 0. The van der Waals surface area contributed by atoms with Crippen molar-refractivity contribution in [2.45, 2.75) is 64.2 Å². The molecule has 1 fully saturated rings. The first-order valence-corrected chi connectivity index (χ1v) is 7.45. The number of halogens is 3. The SMILES string of the molecule is C[C@@H](CB1OC(C)(C)C(C)(C)O1)c1cccc(C(F)(F)F)c1. The molecule has 1 aliphatic rings. The molecule has 0 unspecified atom stereocenters. The molecule has 2 rings (SSSR count). The fourth-order valence-corrected chi connectivity index (χ4v) is 2.51. The van der Waals surface area contributed by atoms with Crippen molar-refractivity contribution in [1.29, 1.82) is 0 Å². The largest absolute Gasteiger partial charge is 0.458 e. The molecule has 1 aromatic carbocycles. The maximum Gasteiger partial charge on any atom is 0.458 e. The summed E-state index contributed by atoms with van der Waals surface area (Å²) in [4.78, 5) is 0. The van der Waals surface area contributed by atoms with E-state index in [-0.39, 0.29) is 5.92 Å². The summed E-state index contributed by atoms with van der Waals surface area (Å²) in [6, 6.07) is 5.45. The number of benzene rings is 1. The fraction of sp³-hybridized carbons (Fsp3) is 0.625. The third kappa shape index (κ3) is 3.49. The van der Waals surface area contributed by atoms with Crippen LogP contribution in [0.4, 0.5) is 13.2 Å². The first kappa shape index (κ1) is 17.4. The monoisotopic (exact) mass is 314 g/mol. The number of alkyl halides is 3.